The maximum absolute atomic E-state index is 12.6. The Labute approximate surface area is 164 Å². The zero-order valence-electron chi connectivity index (χ0n) is 15.1. The van der Waals surface area contributed by atoms with Crippen LogP contribution in [0.2, 0.25) is 0 Å². The summed E-state index contributed by atoms with van der Waals surface area (Å²) in [6.07, 6.45) is 5.10. The molecule has 9 nitrogen and oxygen atoms in total. The fourth-order valence-corrected chi connectivity index (χ4v) is 2.96. The molecule has 0 saturated carbocycles. The normalized spacial score (nSPS) is 12.1. The number of ether oxygens (including phenoxy) is 2. The number of hydrogen-bond acceptors (Lipinski definition) is 7. The van der Waals surface area contributed by atoms with E-state index in [-0.39, 0.29) is 19.1 Å². The standard InChI is InChI=1S/C20H15N5O4/c26-19(10-13-4-5-14-16(9-13)29-12-28-14)22-17-11-18(25-7-2-6-21-25)24-20(23-17)15-3-1-8-27-15/h1-9,11H,10,12H2,(H,22,23,24,26). The maximum Gasteiger partial charge on any atom is 0.231 e. The quantitative estimate of drug-likeness (QED) is 0.560. The molecule has 0 spiro atoms. The van der Waals surface area contributed by atoms with E-state index in [1.807, 2.05) is 6.07 Å². The van der Waals surface area contributed by atoms with Gasteiger partial charge in [-0.05, 0) is 35.9 Å². The zero-order chi connectivity index (χ0) is 19.6. The van der Waals surface area contributed by atoms with Crippen LogP contribution in [0.5, 0.6) is 11.5 Å². The largest absolute Gasteiger partial charge is 0.461 e. The predicted octanol–water partition coefficient (Wildman–Crippen LogP) is 2.83. The summed E-state index contributed by atoms with van der Waals surface area (Å²) in [5, 5.41) is 7.01. The van der Waals surface area contributed by atoms with Crippen LogP contribution in [0.4, 0.5) is 5.82 Å². The van der Waals surface area contributed by atoms with Crippen molar-refractivity contribution in [1.82, 2.24) is 19.7 Å². The third-order valence-corrected chi connectivity index (χ3v) is 4.26. The van der Waals surface area contributed by atoms with Gasteiger partial charge in [-0.25, -0.2) is 14.6 Å². The number of nitrogens with one attached hydrogen (secondary N) is 1. The van der Waals surface area contributed by atoms with Gasteiger partial charge in [0.25, 0.3) is 0 Å². The predicted molar refractivity (Wildman–Crippen MR) is 102 cm³/mol. The van der Waals surface area contributed by atoms with Gasteiger partial charge in [-0.3, -0.25) is 4.79 Å². The van der Waals surface area contributed by atoms with Crippen LogP contribution in [-0.2, 0) is 11.2 Å². The molecule has 4 heterocycles. The van der Waals surface area contributed by atoms with Gasteiger partial charge in [0.1, 0.15) is 5.82 Å². The zero-order valence-corrected chi connectivity index (χ0v) is 15.1. The molecule has 1 aliphatic rings. The van der Waals surface area contributed by atoms with Crippen LogP contribution in [0.25, 0.3) is 17.4 Å². The van der Waals surface area contributed by atoms with Crippen molar-refractivity contribution in [2.75, 3.05) is 12.1 Å². The minimum Gasteiger partial charge on any atom is -0.461 e. The van der Waals surface area contributed by atoms with Gasteiger partial charge in [-0.2, -0.15) is 5.10 Å². The monoisotopic (exact) mass is 389 g/mol. The van der Waals surface area contributed by atoms with Crippen LogP contribution in [0.15, 0.2) is 65.5 Å². The van der Waals surface area contributed by atoms with Crippen molar-refractivity contribution in [1.29, 1.82) is 0 Å². The van der Waals surface area contributed by atoms with Crippen LogP contribution in [0.1, 0.15) is 5.56 Å². The van der Waals surface area contributed by atoms with Gasteiger partial charge in [-0.15, -0.1) is 0 Å². The summed E-state index contributed by atoms with van der Waals surface area (Å²) in [4.78, 5) is 21.5. The van der Waals surface area contributed by atoms with Gasteiger partial charge in [-0.1, -0.05) is 6.07 Å². The molecular weight excluding hydrogens is 374 g/mol. The average Bonchev–Trinajstić information content (AvgIpc) is 3.49. The van der Waals surface area contributed by atoms with E-state index in [0.717, 1.165) is 5.56 Å². The summed E-state index contributed by atoms with van der Waals surface area (Å²) >= 11 is 0. The lowest BCUT2D eigenvalue weighted by atomic mass is 10.1. The fraction of sp³-hybridized carbons (Fsp3) is 0.100. The second-order valence-electron chi connectivity index (χ2n) is 6.28. The lowest BCUT2D eigenvalue weighted by Crippen LogP contribution is -2.16. The number of amides is 1. The summed E-state index contributed by atoms with van der Waals surface area (Å²) in [6.45, 7) is 0.192. The summed E-state index contributed by atoms with van der Waals surface area (Å²) < 4.78 is 17.6. The first kappa shape index (κ1) is 17.0. The molecule has 4 aromatic rings. The van der Waals surface area contributed by atoms with Gasteiger partial charge >= 0.3 is 0 Å². The first-order chi connectivity index (χ1) is 14.2. The Morgan fingerprint density at radius 2 is 2.03 bits per heavy atom. The molecule has 0 fully saturated rings. The Balaban J connectivity index is 1.40. The number of fused-ring (bicyclic) bond motifs is 1. The summed E-state index contributed by atoms with van der Waals surface area (Å²) in [7, 11) is 0. The Hall–Kier alpha value is -4.14. The van der Waals surface area contributed by atoms with Gasteiger partial charge in [0, 0.05) is 18.5 Å². The highest BCUT2D eigenvalue weighted by Crippen LogP contribution is 2.32. The number of benzene rings is 1. The van der Waals surface area contributed by atoms with Crippen molar-refractivity contribution in [3.63, 3.8) is 0 Å². The van der Waals surface area contributed by atoms with Crippen molar-refractivity contribution in [3.05, 3.63) is 66.7 Å². The summed E-state index contributed by atoms with van der Waals surface area (Å²) in [5.74, 6) is 2.79. The highest BCUT2D eigenvalue weighted by molar-refractivity contribution is 5.91. The second kappa shape index (κ2) is 7.12. The third-order valence-electron chi connectivity index (χ3n) is 4.26. The first-order valence-electron chi connectivity index (χ1n) is 8.86. The summed E-state index contributed by atoms with van der Waals surface area (Å²) in [5.41, 5.74) is 0.805. The molecule has 29 heavy (non-hydrogen) atoms. The maximum atomic E-state index is 12.6. The van der Waals surface area contributed by atoms with E-state index in [1.165, 1.54) is 6.26 Å². The van der Waals surface area contributed by atoms with Gasteiger partial charge in [0.15, 0.2) is 28.9 Å². The molecule has 1 aromatic carbocycles. The summed E-state index contributed by atoms with van der Waals surface area (Å²) in [6, 6.07) is 12.4. The Morgan fingerprint density at radius 1 is 1.10 bits per heavy atom. The van der Waals surface area contributed by atoms with Gasteiger partial charge < -0.3 is 19.2 Å². The molecule has 0 radical (unpaired) electrons. The van der Waals surface area contributed by atoms with Crippen LogP contribution < -0.4 is 14.8 Å². The van der Waals surface area contributed by atoms with E-state index in [1.54, 1.807) is 53.5 Å². The van der Waals surface area contributed by atoms with Crippen molar-refractivity contribution < 1.29 is 18.7 Å². The lowest BCUT2D eigenvalue weighted by molar-refractivity contribution is -0.115. The van der Waals surface area contributed by atoms with Crippen molar-refractivity contribution >= 4 is 11.7 Å². The molecule has 0 bridgehead atoms. The molecule has 144 valence electrons. The molecule has 0 atom stereocenters. The van der Waals surface area contributed by atoms with Crippen LogP contribution in [0.3, 0.4) is 0 Å². The molecule has 1 N–H and O–H groups in total. The van der Waals surface area contributed by atoms with Crippen molar-refractivity contribution in [2.24, 2.45) is 0 Å². The third kappa shape index (κ3) is 3.53. The van der Waals surface area contributed by atoms with Crippen LogP contribution in [0, 0.1) is 0 Å². The van der Waals surface area contributed by atoms with Crippen molar-refractivity contribution in [2.45, 2.75) is 6.42 Å². The molecule has 9 heteroatoms. The molecular formula is C20H15N5O4. The van der Waals surface area contributed by atoms with Crippen LogP contribution >= 0.6 is 0 Å². The molecule has 0 aliphatic carbocycles. The Kier molecular flexibility index (Phi) is 4.17. The molecule has 1 amide bonds. The van der Waals surface area contributed by atoms with Crippen molar-refractivity contribution in [3.8, 4) is 28.9 Å². The van der Waals surface area contributed by atoms with Crippen LogP contribution in [-0.4, -0.2) is 32.4 Å². The van der Waals surface area contributed by atoms with E-state index in [4.69, 9.17) is 13.9 Å². The average molecular weight is 389 g/mol. The number of anilines is 1. The molecule has 0 unspecified atom stereocenters. The first-order valence-corrected chi connectivity index (χ1v) is 8.86. The fourth-order valence-electron chi connectivity index (χ4n) is 2.96. The Bertz CT molecular complexity index is 1100. The second-order valence-corrected chi connectivity index (χ2v) is 6.28. The Morgan fingerprint density at radius 3 is 2.86 bits per heavy atom. The molecule has 0 saturated heterocycles. The number of furan rings is 1. The smallest absolute Gasteiger partial charge is 0.231 e. The van der Waals surface area contributed by atoms with Gasteiger partial charge in [0.2, 0.25) is 12.7 Å². The minimum absolute atomic E-state index is 0.161. The SMILES string of the molecule is O=C(Cc1ccc2c(c1)OCO2)Nc1cc(-n2cccn2)nc(-c2ccco2)n1. The van der Waals surface area contributed by atoms with E-state index in [2.05, 4.69) is 20.4 Å². The number of nitrogens with zero attached hydrogens (tertiary/aromatic N) is 4. The van der Waals surface area contributed by atoms with E-state index < -0.39 is 0 Å². The van der Waals surface area contributed by atoms with E-state index >= 15 is 0 Å². The topological polar surface area (TPSA) is 104 Å². The molecule has 1 aliphatic heterocycles. The minimum atomic E-state index is -0.223. The van der Waals surface area contributed by atoms with Gasteiger partial charge in [0.05, 0.1) is 12.7 Å². The number of carbonyl (C=O) groups is 1. The highest BCUT2D eigenvalue weighted by atomic mass is 16.7. The molecule has 3 aromatic heterocycles. The molecule has 5 rings (SSSR count). The van der Waals surface area contributed by atoms with E-state index in [0.29, 0.717) is 34.7 Å². The lowest BCUT2D eigenvalue weighted by Gasteiger charge is -2.09. The number of carbonyl (C=O) groups excluding carboxylic acids is 1. The number of aromatic nitrogens is 4. The number of rotatable bonds is 5. The number of hydrogen-bond donors (Lipinski definition) is 1. The van der Waals surface area contributed by atoms with E-state index in [9.17, 15) is 4.79 Å². The highest BCUT2D eigenvalue weighted by Gasteiger charge is 2.16.